The van der Waals surface area contributed by atoms with Crippen LogP contribution in [0.15, 0.2) is 31.0 Å². The topological polar surface area (TPSA) is 24.9 Å². The Hall–Kier alpha value is -1.15. The van der Waals surface area contributed by atoms with Crippen LogP contribution in [0.1, 0.15) is 36.9 Å². The standard InChI is InChI=1S/C14H22N2/c1-3-4-5-6-7-10-15-11-14-9-8-13(2)16-12-14/h3,8-9,12,15H,1,4-7,10-11H2,2H3. The van der Waals surface area contributed by atoms with E-state index in [-0.39, 0.29) is 0 Å². The summed E-state index contributed by atoms with van der Waals surface area (Å²) in [7, 11) is 0. The predicted molar refractivity (Wildman–Crippen MR) is 69.3 cm³/mol. The summed E-state index contributed by atoms with van der Waals surface area (Å²) in [5.41, 5.74) is 2.34. The molecule has 0 aromatic carbocycles. The lowest BCUT2D eigenvalue weighted by molar-refractivity contribution is 0.605. The fourth-order valence-electron chi connectivity index (χ4n) is 1.55. The maximum Gasteiger partial charge on any atom is 0.0372 e. The Morgan fingerprint density at radius 3 is 2.88 bits per heavy atom. The summed E-state index contributed by atoms with van der Waals surface area (Å²) in [6.07, 6.45) is 8.86. The van der Waals surface area contributed by atoms with Gasteiger partial charge in [0.1, 0.15) is 0 Å². The van der Waals surface area contributed by atoms with Crippen LogP contribution < -0.4 is 5.32 Å². The van der Waals surface area contributed by atoms with Crippen LogP contribution in [0.5, 0.6) is 0 Å². The first-order valence-corrected chi connectivity index (χ1v) is 6.06. The lowest BCUT2D eigenvalue weighted by atomic mass is 10.2. The minimum atomic E-state index is 0.925. The zero-order valence-corrected chi connectivity index (χ0v) is 10.2. The first-order chi connectivity index (χ1) is 7.83. The van der Waals surface area contributed by atoms with Crippen molar-refractivity contribution in [2.45, 2.75) is 39.2 Å². The van der Waals surface area contributed by atoms with E-state index in [0.29, 0.717) is 0 Å². The van der Waals surface area contributed by atoms with E-state index in [1.165, 1.54) is 24.8 Å². The smallest absolute Gasteiger partial charge is 0.0372 e. The Balaban J connectivity index is 2.02. The number of nitrogens with one attached hydrogen (secondary N) is 1. The number of allylic oxidation sites excluding steroid dienone is 1. The quantitative estimate of drug-likeness (QED) is 0.535. The van der Waals surface area contributed by atoms with Crippen LogP contribution in [0.25, 0.3) is 0 Å². The second kappa shape index (κ2) is 8.05. The third-order valence-electron chi connectivity index (χ3n) is 2.56. The van der Waals surface area contributed by atoms with Crippen molar-refractivity contribution in [3.63, 3.8) is 0 Å². The summed E-state index contributed by atoms with van der Waals surface area (Å²) in [6, 6.07) is 4.19. The van der Waals surface area contributed by atoms with E-state index in [1.54, 1.807) is 0 Å². The second-order valence-corrected chi connectivity index (χ2v) is 4.12. The Labute approximate surface area is 98.8 Å². The van der Waals surface area contributed by atoms with Gasteiger partial charge in [0.05, 0.1) is 0 Å². The van der Waals surface area contributed by atoms with Crippen LogP contribution in [-0.2, 0) is 6.54 Å². The van der Waals surface area contributed by atoms with Crippen molar-refractivity contribution < 1.29 is 0 Å². The molecule has 88 valence electrons. The maximum absolute atomic E-state index is 4.27. The third kappa shape index (κ3) is 5.66. The van der Waals surface area contributed by atoms with E-state index in [0.717, 1.165) is 25.2 Å². The highest BCUT2D eigenvalue weighted by Gasteiger charge is 1.93. The number of unbranched alkanes of at least 4 members (excludes halogenated alkanes) is 3. The number of aryl methyl sites for hydroxylation is 1. The maximum atomic E-state index is 4.27. The van der Waals surface area contributed by atoms with Crippen LogP contribution >= 0.6 is 0 Å². The van der Waals surface area contributed by atoms with Crippen molar-refractivity contribution >= 4 is 0 Å². The molecule has 0 fully saturated rings. The molecule has 1 N–H and O–H groups in total. The number of nitrogens with zero attached hydrogens (tertiary/aromatic N) is 1. The van der Waals surface area contributed by atoms with Gasteiger partial charge in [0.25, 0.3) is 0 Å². The zero-order valence-electron chi connectivity index (χ0n) is 10.2. The zero-order chi connectivity index (χ0) is 11.6. The van der Waals surface area contributed by atoms with E-state index in [9.17, 15) is 0 Å². The van der Waals surface area contributed by atoms with E-state index in [2.05, 4.69) is 29.0 Å². The van der Waals surface area contributed by atoms with Gasteiger partial charge in [0.2, 0.25) is 0 Å². The molecule has 0 atom stereocenters. The van der Waals surface area contributed by atoms with Gasteiger partial charge >= 0.3 is 0 Å². The second-order valence-electron chi connectivity index (χ2n) is 4.12. The molecule has 1 heterocycles. The molecule has 0 amide bonds. The summed E-state index contributed by atoms with van der Waals surface area (Å²) < 4.78 is 0. The van der Waals surface area contributed by atoms with Gasteiger partial charge in [-0.1, -0.05) is 18.6 Å². The number of rotatable bonds is 8. The van der Waals surface area contributed by atoms with Crippen LogP contribution in [0.3, 0.4) is 0 Å². The molecule has 0 saturated carbocycles. The van der Waals surface area contributed by atoms with Gasteiger partial charge in [-0.25, -0.2) is 0 Å². The van der Waals surface area contributed by atoms with E-state index >= 15 is 0 Å². The summed E-state index contributed by atoms with van der Waals surface area (Å²) in [6.45, 7) is 7.74. The number of pyridine rings is 1. The molecule has 1 aromatic heterocycles. The molecule has 0 radical (unpaired) electrons. The van der Waals surface area contributed by atoms with Crippen LogP contribution in [0.4, 0.5) is 0 Å². The number of aromatic nitrogens is 1. The Bertz CT molecular complexity index is 290. The predicted octanol–water partition coefficient (Wildman–Crippen LogP) is 3.23. The van der Waals surface area contributed by atoms with Gasteiger partial charge in [-0.15, -0.1) is 6.58 Å². The van der Waals surface area contributed by atoms with Gasteiger partial charge < -0.3 is 5.32 Å². The monoisotopic (exact) mass is 218 g/mol. The minimum Gasteiger partial charge on any atom is -0.313 e. The van der Waals surface area contributed by atoms with Crippen molar-refractivity contribution in [1.29, 1.82) is 0 Å². The fourth-order valence-corrected chi connectivity index (χ4v) is 1.55. The van der Waals surface area contributed by atoms with E-state index in [4.69, 9.17) is 0 Å². The Morgan fingerprint density at radius 2 is 2.19 bits per heavy atom. The van der Waals surface area contributed by atoms with E-state index in [1.807, 2.05) is 19.2 Å². The molecule has 1 aromatic rings. The molecule has 1 rings (SSSR count). The largest absolute Gasteiger partial charge is 0.313 e. The average Bonchev–Trinajstić information content (AvgIpc) is 2.30. The van der Waals surface area contributed by atoms with Gasteiger partial charge in [0, 0.05) is 18.4 Å². The van der Waals surface area contributed by atoms with Crippen LogP contribution in [0.2, 0.25) is 0 Å². The lowest BCUT2D eigenvalue weighted by Gasteiger charge is -2.04. The first-order valence-electron chi connectivity index (χ1n) is 6.06. The number of hydrogen-bond donors (Lipinski definition) is 1. The lowest BCUT2D eigenvalue weighted by Crippen LogP contribution is -2.14. The molecule has 2 nitrogen and oxygen atoms in total. The highest BCUT2D eigenvalue weighted by Crippen LogP contribution is 2.01. The van der Waals surface area contributed by atoms with Gasteiger partial charge in [-0.2, -0.15) is 0 Å². The Kier molecular flexibility index (Phi) is 6.50. The highest BCUT2D eigenvalue weighted by molar-refractivity contribution is 5.12. The molecule has 0 aliphatic heterocycles. The normalized spacial score (nSPS) is 10.3. The summed E-state index contributed by atoms with van der Waals surface area (Å²) >= 11 is 0. The molecular weight excluding hydrogens is 196 g/mol. The third-order valence-corrected chi connectivity index (χ3v) is 2.56. The molecule has 0 aliphatic rings. The average molecular weight is 218 g/mol. The van der Waals surface area contributed by atoms with E-state index < -0.39 is 0 Å². The van der Waals surface area contributed by atoms with Crippen LogP contribution in [-0.4, -0.2) is 11.5 Å². The van der Waals surface area contributed by atoms with Gasteiger partial charge in [-0.05, 0) is 44.4 Å². The minimum absolute atomic E-state index is 0.925. The molecule has 0 spiro atoms. The van der Waals surface area contributed by atoms with Crippen molar-refractivity contribution in [1.82, 2.24) is 10.3 Å². The molecule has 0 aliphatic carbocycles. The van der Waals surface area contributed by atoms with Crippen molar-refractivity contribution in [2.75, 3.05) is 6.54 Å². The van der Waals surface area contributed by atoms with Crippen molar-refractivity contribution in [2.24, 2.45) is 0 Å². The summed E-state index contributed by atoms with van der Waals surface area (Å²) in [5.74, 6) is 0. The molecule has 0 bridgehead atoms. The molecule has 0 saturated heterocycles. The van der Waals surface area contributed by atoms with Crippen molar-refractivity contribution in [3.05, 3.63) is 42.2 Å². The van der Waals surface area contributed by atoms with Gasteiger partial charge in [-0.3, -0.25) is 4.98 Å². The SMILES string of the molecule is C=CCCCCCNCc1ccc(C)nc1. The number of hydrogen-bond acceptors (Lipinski definition) is 2. The molecule has 16 heavy (non-hydrogen) atoms. The molecule has 0 unspecified atom stereocenters. The van der Waals surface area contributed by atoms with Gasteiger partial charge in [0.15, 0.2) is 0 Å². The molecular formula is C14H22N2. The Morgan fingerprint density at radius 1 is 1.31 bits per heavy atom. The fraction of sp³-hybridized carbons (Fsp3) is 0.500. The summed E-state index contributed by atoms with van der Waals surface area (Å²) in [4.78, 5) is 4.27. The highest BCUT2D eigenvalue weighted by atomic mass is 14.8. The van der Waals surface area contributed by atoms with Crippen LogP contribution in [0, 0.1) is 6.92 Å². The summed E-state index contributed by atoms with van der Waals surface area (Å²) in [5, 5.41) is 3.43. The van der Waals surface area contributed by atoms with Crippen molar-refractivity contribution in [3.8, 4) is 0 Å². The first kappa shape index (κ1) is 12.9. The molecule has 2 heteroatoms.